The van der Waals surface area contributed by atoms with Crippen molar-refractivity contribution in [3.63, 3.8) is 0 Å². The zero-order chi connectivity index (χ0) is 15.8. The van der Waals surface area contributed by atoms with E-state index in [1.54, 1.807) is 0 Å². The number of hydrogen-bond acceptors (Lipinski definition) is 2. The first-order valence-electron chi connectivity index (χ1n) is 8.73. The van der Waals surface area contributed by atoms with E-state index in [4.69, 9.17) is 5.11 Å². The lowest BCUT2D eigenvalue weighted by molar-refractivity contribution is -0.137. The van der Waals surface area contributed by atoms with Crippen LogP contribution in [0.3, 0.4) is 0 Å². The highest BCUT2D eigenvalue weighted by Gasteiger charge is 1.99. The molecule has 21 heavy (non-hydrogen) atoms. The third-order valence-electron chi connectivity index (χ3n) is 3.72. The van der Waals surface area contributed by atoms with E-state index in [0.717, 1.165) is 51.4 Å². The molecule has 1 atom stereocenters. The number of unbranched alkanes of at least 4 members (excludes halogenated alkanes) is 9. The Morgan fingerprint density at radius 1 is 0.952 bits per heavy atom. The maximum atomic E-state index is 10.3. The van der Waals surface area contributed by atoms with E-state index in [2.05, 4.69) is 13.0 Å². The highest BCUT2D eigenvalue weighted by Crippen LogP contribution is 2.10. The molecule has 0 radical (unpaired) electrons. The molecule has 0 fully saturated rings. The van der Waals surface area contributed by atoms with Gasteiger partial charge in [0.2, 0.25) is 0 Å². The van der Waals surface area contributed by atoms with Crippen LogP contribution in [0.15, 0.2) is 12.2 Å². The number of carboxylic acids is 1. The van der Waals surface area contributed by atoms with Crippen molar-refractivity contribution in [3.05, 3.63) is 12.2 Å². The van der Waals surface area contributed by atoms with Gasteiger partial charge in [0.1, 0.15) is 0 Å². The van der Waals surface area contributed by atoms with Crippen molar-refractivity contribution in [2.45, 2.75) is 96.5 Å². The molecule has 0 amide bonds. The Hall–Kier alpha value is -0.830. The summed E-state index contributed by atoms with van der Waals surface area (Å²) >= 11 is 0. The second kappa shape index (κ2) is 15.6. The van der Waals surface area contributed by atoms with Gasteiger partial charge in [-0.3, -0.25) is 4.79 Å². The lowest BCUT2D eigenvalue weighted by atomic mass is 10.1. The molecular weight excluding hydrogens is 264 g/mol. The van der Waals surface area contributed by atoms with Gasteiger partial charge in [0, 0.05) is 6.42 Å². The lowest BCUT2D eigenvalue weighted by Crippen LogP contribution is -2.01. The summed E-state index contributed by atoms with van der Waals surface area (Å²) in [4.78, 5) is 10.3. The number of allylic oxidation sites excluding steroid dienone is 1. The Bertz CT molecular complexity index is 261. The second-order valence-electron chi connectivity index (χ2n) is 5.90. The molecule has 0 aromatic rings. The summed E-state index contributed by atoms with van der Waals surface area (Å²) in [6.07, 6.45) is 17.4. The van der Waals surface area contributed by atoms with Gasteiger partial charge in [-0.1, -0.05) is 70.4 Å². The van der Waals surface area contributed by atoms with E-state index in [1.165, 1.54) is 25.7 Å². The monoisotopic (exact) mass is 298 g/mol. The molecule has 1 unspecified atom stereocenters. The van der Waals surface area contributed by atoms with Crippen LogP contribution in [0.1, 0.15) is 90.4 Å². The molecule has 0 aromatic carbocycles. The van der Waals surface area contributed by atoms with Gasteiger partial charge in [-0.25, -0.2) is 0 Å². The van der Waals surface area contributed by atoms with Gasteiger partial charge in [0.05, 0.1) is 6.10 Å². The minimum absolute atomic E-state index is 0.276. The molecule has 0 aromatic heterocycles. The largest absolute Gasteiger partial charge is 0.481 e. The van der Waals surface area contributed by atoms with Gasteiger partial charge in [0.25, 0.3) is 0 Å². The van der Waals surface area contributed by atoms with Crippen molar-refractivity contribution < 1.29 is 15.0 Å². The highest BCUT2D eigenvalue weighted by atomic mass is 16.4. The van der Waals surface area contributed by atoms with Crippen LogP contribution < -0.4 is 0 Å². The number of aliphatic hydroxyl groups is 1. The average Bonchev–Trinajstić information content (AvgIpc) is 2.45. The highest BCUT2D eigenvalue weighted by molar-refractivity contribution is 5.66. The van der Waals surface area contributed by atoms with E-state index in [-0.39, 0.29) is 6.10 Å². The van der Waals surface area contributed by atoms with Crippen LogP contribution in [0.4, 0.5) is 0 Å². The molecule has 0 bridgehead atoms. The van der Waals surface area contributed by atoms with E-state index in [9.17, 15) is 9.90 Å². The lowest BCUT2D eigenvalue weighted by Gasteiger charge is -2.05. The number of aliphatic carboxylic acids is 1. The molecule has 0 rings (SSSR count). The Balaban J connectivity index is 3.28. The predicted octanol–water partition coefficient (Wildman–Crippen LogP) is 5.08. The van der Waals surface area contributed by atoms with Crippen LogP contribution in [0.5, 0.6) is 0 Å². The summed E-state index contributed by atoms with van der Waals surface area (Å²) in [6, 6.07) is 0. The van der Waals surface area contributed by atoms with Crippen molar-refractivity contribution in [1.29, 1.82) is 0 Å². The van der Waals surface area contributed by atoms with Crippen LogP contribution in [0.2, 0.25) is 0 Å². The quantitative estimate of drug-likeness (QED) is 0.327. The van der Waals surface area contributed by atoms with Crippen LogP contribution in [0, 0.1) is 0 Å². The van der Waals surface area contributed by atoms with E-state index in [0.29, 0.717) is 6.42 Å². The topological polar surface area (TPSA) is 57.5 Å². The molecule has 3 heteroatoms. The van der Waals surface area contributed by atoms with E-state index < -0.39 is 5.97 Å². The summed E-state index contributed by atoms with van der Waals surface area (Å²) in [7, 11) is 0. The first-order valence-corrected chi connectivity index (χ1v) is 8.73. The summed E-state index contributed by atoms with van der Waals surface area (Å²) < 4.78 is 0. The van der Waals surface area contributed by atoms with Gasteiger partial charge in [-0.15, -0.1) is 0 Å². The SMILES string of the molecule is CCCCCCCC(O)/C=C\CCCCCCCC(=O)O. The van der Waals surface area contributed by atoms with Gasteiger partial charge in [-0.2, -0.15) is 0 Å². The minimum atomic E-state index is -0.693. The summed E-state index contributed by atoms with van der Waals surface area (Å²) in [5, 5.41) is 18.3. The number of aliphatic hydroxyl groups excluding tert-OH is 1. The fourth-order valence-corrected chi connectivity index (χ4v) is 2.38. The number of hydrogen-bond donors (Lipinski definition) is 2. The van der Waals surface area contributed by atoms with Crippen LogP contribution >= 0.6 is 0 Å². The molecular formula is C18H34O3. The van der Waals surface area contributed by atoms with E-state index >= 15 is 0 Å². The molecule has 0 spiro atoms. The Kier molecular flexibility index (Phi) is 14.9. The number of carbonyl (C=O) groups is 1. The zero-order valence-electron chi connectivity index (χ0n) is 13.7. The maximum absolute atomic E-state index is 10.3. The standard InChI is InChI=1S/C18H34O3/c1-2-3-4-8-11-14-17(19)15-12-9-6-5-7-10-13-16-18(20)21/h12,15,17,19H,2-11,13-14,16H2,1H3,(H,20,21)/b15-12-. The third-order valence-corrected chi connectivity index (χ3v) is 3.72. The van der Waals surface area contributed by atoms with Crippen LogP contribution in [-0.2, 0) is 4.79 Å². The van der Waals surface area contributed by atoms with Gasteiger partial charge in [-0.05, 0) is 25.7 Å². The van der Waals surface area contributed by atoms with Crippen molar-refractivity contribution in [1.82, 2.24) is 0 Å². The van der Waals surface area contributed by atoms with Gasteiger partial charge >= 0.3 is 5.97 Å². The molecule has 0 aliphatic carbocycles. The molecule has 124 valence electrons. The minimum Gasteiger partial charge on any atom is -0.481 e. The molecule has 2 N–H and O–H groups in total. The zero-order valence-corrected chi connectivity index (χ0v) is 13.7. The molecule has 0 heterocycles. The van der Waals surface area contributed by atoms with Crippen molar-refractivity contribution in [3.8, 4) is 0 Å². The fraction of sp³-hybridized carbons (Fsp3) is 0.833. The first-order chi connectivity index (χ1) is 10.2. The van der Waals surface area contributed by atoms with E-state index in [1.807, 2.05) is 6.08 Å². The predicted molar refractivity (Wildman–Crippen MR) is 88.5 cm³/mol. The number of carboxylic acid groups (broad SMARTS) is 1. The molecule has 0 aliphatic rings. The van der Waals surface area contributed by atoms with Crippen molar-refractivity contribution in [2.24, 2.45) is 0 Å². The van der Waals surface area contributed by atoms with Crippen molar-refractivity contribution in [2.75, 3.05) is 0 Å². The molecule has 0 aliphatic heterocycles. The summed E-state index contributed by atoms with van der Waals surface area (Å²) in [6.45, 7) is 2.21. The van der Waals surface area contributed by atoms with Crippen LogP contribution in [-0.4, -0.2) is 22.3 Å². The normalized spacial score (nSPS) is 12.9. The average molecular weight is 298 g/mol. The molecule has 0 saturated heterocycles. The molecule has 3 nitrogen and oxygen atoms in total. The fourth-order valence-electron chi connectivity index (χ4n) is 2.38. The summed E-state index contributed by atoms with van der Waals surface area (Å²) in [5.41, 5.74) is 0. The second-order valence-corrected chi connectivity index (χ2v) is 5.90. The Morgan fingerprint density at radius 2 is 1.57 bits per heavy atom. The van der Waals surface area contributed by atoms with Gasteiger partial charge in [0.15, 0.2) is 0 Å². The molecule has 0 saturated carbocycles. The van der Waals surface area contributed by atoms with Gasteiger partial charge < -0.3 is 10.2 Å². The number of rotatable bonds is 15. The first kappa shape index (κ1) is 20.2. The van der Waals surface area contributed by atoms with Crippen molar-refractivity contribution >= 4 is 5.97 Å². The summed E-state index contributed by atoms with van der Waals surface area (Å²) in [5.74, 6) is -0.693. The maximum Gasteiger partial charge on any atom is 0.303 e. The smallest absolute Gasteiger partial charge is 0.303 e. The Morgan fingerprint density at radius 3 is 2.29 bits per heavy atom. The third kappa shape index (κ3) is 17.1. The van der Waals surface area contributed by atoms with Crippen LogP contribution in [0.25, 0.3) is 0 Å². The Labute approximate surface area is 130 Å².